The Labute approximate surface area is 185 Å². The highest BCUT2D eigenvalue weighted by Crippen LogP contribution is 2.24. The van der Waals surface area contributed by atoms with Crippen LogP contribution < -0.4 is 9.64 Å². The smallest absolute Gasteiger partial charge is 0.274 e. The monoisotopic (exact) mass is 426 g/mol. The number of rotatable bonds is 4. The molecule has 1 aliphatic rings. The molecule has 1 saturated heterocycles. The van der Waals surface area contributed by atoms with Gasteiger partial charge < -0.3 is 14.5 Å². The molecule has 1 aliphatic heterocycles. The van der Waals surface area contributed by atoms with Crippen LogP contribution in [0.25, 0.3) is 11.0 Å². The Morgan fingerprint density at radius 1 is 0.875 bits per heavy atom. The molecule has 0 radical (unpaired) electrons. The summed E-state index contributed by atoms with van der Waals surface area (Å²) in [5.74, 6) is 2.56. The molecule has 0 aliphatic carbocycles. The minimum absolute atomic E-state index is 0.102. The largest absolute Gasteiger partial charge is 0.439 e. The molecule has 5 rings (SSSR count). The van der Waals surface area contributed by atoms with Gasteiger partial charge in [-0.15, -0.1) is 0 Å². The zero-order valence-electron chi connectivity index (χ0n) is 17.7. The van der Waals surface area contributed by atoms with Gasteiger partial charge in [0.25, 0.3) is 5.91 Å². The van der Waals surface area contributed by atoms with Crippen LogP contribution in [-0.4, -0.2) is 56.9 Å². The molecule has 1 amide bonds. The Bertz CT molecular complexity index is 1260. The second-order valence-corrected chi connectivity index (χ2v) is 7.55. The predicted molar refractivity (Wildman–Crippen MR) is 121 cm³/mol. The summed E-state index contributed by atoms with van der Waals surface area (Å²) in [5, 5.41) is 0. The fraction of sp³-hybridized carbons (Fsp3) is 0.208. The zero-order valence-corrected chi connectivity index (χ0v) is 17.7. The number of anilines is 1. The summed E-state index contributed by atoms with van der Waals surface area (Å²) in [7, 11) is 0. The highest BCUT2D eigenvalue weighted by molar-refractivity contribution is 5.94. The minimum atomic E-state index is -0.102. The molecule has 0 saturated carbocycles. The number of hydrogen-bond acceptors (Lipinski definition) is 7. The molecule has 1 fully saturated rings. The molecule has 8 heteroatoms. The van der Waals surface area contributed by atoms with E-state index in [1.807, 2.05) is 72.5 Å². The van der Waals surface area contributed by atoms with E-state index < -0.39 is 0 Å². The SMILES string of the molecule is Cc1nc(Oc2ccccc2)cc(N2CCN(C(=O)c3cnc4ccccc4n3)CC2)n1. The number of nitrogens with zero attached hydrogens (tertiary/aromatic N) is 6. The third-order valence-corrected chi connectivity index (χ3v) is 5.33. The average molecular weight is 426 g/mol. The molecule has 0 N–H and O–H groups in total. The maximum Gasteiger partial charge on any atom is 0.274 e. The van der Waals surface area contributed by atoms with Crippen LogP contribution in [0.2, 0.25) is 0 Å². The van der Waals surface area contributed by atoms with Gasteiger partial charge >= 0.3 is 0 Å². The van der Waals surface area contributed by atoms with Crippen molar-refractivity contribution in [3.05, 3.63) is 78.4 Å². The van der Waals surface area contributed by atoms with Crippen LogP contribution in [0, 0.1) is 6.92 Å². The number of fused-ring (bicyclic) bond motifs is 1. The molecule has 8 nitrogen and oxygen atoms in total. The first kappa shape index (κ1) is 19.9. The number of amides is 1. The van der Waals surface area contributed by atoms with Gasteiger partial charge in [-0.25, -0.2) is 9.97 Å². The molecular formula is C24H22N6O2. The van der Waals surface area contributed by atoms with E-state index in [4.69, 9.17) is 4.74 Å². The lowest BCUT2D eigenvalue weighted by Gasteiger charge is -2.35. The van der Waals surface area contributed by atoms with Crippen molar-refractivity contribution in [1.29, 1.82) is 0 Å². The van der Waals surface area contributed by atoms with Crippen LogP contribution >= 0.6 is 0 Å². The first-order valence-electron chi connectivity index (χ1n) is 10.5. The topological polar surface area (TPSA) is 84.3 Å². The molecule has 32 heavy (non-hydrogen) atoms. The average Bonchev–Trinajstić information content (AvgIpc) is 2.84. The van der Waals surface area contributed by atoms with E-state index in [2.05, 4.69) is 24.8 Å². The van der Waals surface area contributed by atoms with Gasteiger partial charge in [0.15, 0.2) is 0 Å². The van der Waals surface area contributed by atoms with Crippen molar-refractivity contribution < 1.29 is 9.53 Å². The molecule has 0 bridgehead atoms. The van der Waals surface area contributed by atoms with Gasteiger partial charge in [-0.1, -0.05) is 30.3 Å². The third kappa shape index (κ3) is 4.20. The Balaban J connectivity index is 1.27. The minimum Gasteiger partial charge on any atom is -0.439 e. The molecule has 0 spiro atoms. The molecule has 160 valence electrons. The lowest BCUT2D eigenvalue weighted by molar-refractivity contribution is 0.0740. The fourth-order valence-electron chi connectivity index (χ4n) is 3.71. The standard InChI is InChI=1S/C24H22N6O2/c1-17-26-22(15-23(27-17)32-18-7-3-2-4-8-18)29-11-13-30(14-12-29)24(31)21-16-25-19-9-5-6-10-20(19)28-21/h2-10,15-16H,11-14H2,1H3. The van der Waals surface area contributed by atoms with Crippen LogP contribution in [0.1, 0.15) is 16.3 Å². The first-order chi connectivity index (χ1) is 15.7. The predicted octanol–water partition coefficient (Wildman–Crippen LogP) is 3.48. The molecule has 2 aromatic carbocycles. The summed E-state index contributed by atoms with van der Waals surface area (Å²) in [6.45, 7) is 4.32. The number of benzene rings is 2. The lowest BCUT2D eigenvalue weighted by Crippen LogP contribution is -2.49. The molecule has 2 aromatic heterocycles. The van der Waals surface area contributed by atoms with Gasteiger partial charge in [-0.2, -0.15) is 4.98 Å². The molecular weight excluding hydrogens is 404 g/mol. The van der Waals surface area contributed by atoms with E-state index in [-0.39, 0.29) is 5.91 Å². The summed E-state index contributed by atoms with van der Waals surface area (Å²) < 4.78 is 5.89. The van der Waals surface area contributed by atoms with Gasteiger partial charge in [0, 0.05) is 32.2 Å². The van der Waals surface area contributed by atoms with E-state index in [1.165, 1.54) is 0 Å². The van der Waals surface area contributed by atoms with Gasteiger partial charge in [0.1, 0.15) is 23.1 Å². The van der Waals surface area contributed by atoms with Crippen molar-refractivity contribution in [2.45, 2.75) is 6.92 Å². The number of aryl methyl sites for hydroxylation is 1. The van der Waals surface area contributed by atoms with Crippen LogP contribution in [0.5, 0.6) is 11.6 Å². The van der Waals surface area contributed by atoms with Crippen LogP contribution in [-0.2, 0) is 0 Å². The molecule has 4 aromatic rings. The summed E-state index contributed by atoms with van der Waals surface area (Å²) >= 11 is 0. The van der Waals surface area contributed by atoms with E-state index in [1.54, 1.807) is 6.20 Å². The number of hydrogen-bond donors (Lipinski definition) is 0. The van der Waals surface area contributed by atoms with Gasteiger partial charge in [-0.05, 0) is 31.2 Å². The lowest BCUT2D eigenvalue weighted by atomic mass is 10.2. The third-order valence-electron chi connectivity index (χ3n) is 5.33. The molecule has 0 atom stereocenters. The van der Waals surface area contributed by atoms with E-state index in [9.17, 15) is 4.79 Å². The van der Waals surface area contributed by atoms with E-state index in [0.717, 1.165) is 22.6 Å². The van der Waals surface area contributed by atoms with Gasteiger partial charge in [0.05, 0.1) is 17.2 Å². The summed E-state index contributed by atoms with van der Waals surface area (Å²) in [6.07, 6.45) is 1.55. The van der Waals surface area contributed by atoms with Crippen molar-refractivity contribution in [2.75, 3.05) is 31.1 Å². The Morgan fingerprint density at radius 2 is 1.59 bits per heavy atom. The van der Waals surface area contributed by atoms with Crippen molar-refractivity contribution in [3.8, 4) is 11.6 Å². The highest BCUT2D eigenvalue weighted by Gasteiger charge is 2.24. The van der Waals surface area contributed by atoms with Crippen LogP contribution in [0.4, 0.5) is 5.82 Å². The maximum absolute atomic E-state index is 13.0. The number of para-hydroxylation sites is 3. The highest BCUT2D eigenvalue weighted by atomic mass is 16.5. The Morgan fingerprint density at radius 3 is 2.38 bits per heavy atom. The second-order valence-electron chi connectivity index (χ2n) is 7.55. The Kier molecular flexibility index (Phi) is 5.33. The first-order valence-corrected chi connectivity index (χ1v) is 10.5. The van der Waals surface area contributed by atoms with Gasteiger partial charge in [0.2, 0.25) is 5.88 Å². The zero-order chi connectivity index (χ0) is 21.9. The summed E-state index contributed by atoms with van der Waals surface area (Å²) in [5.41, 5.74) is 1.87. The van der Waals surface area contributed by atoms with Crippen molar-refractivity contribution in [3.63, 3.8) is 0 Å². The summed E-state index contributed by atoms with van der Waals surface area (Å²) in [4.78, 5) is 34.7. The number of piperazine rings is 1. The van der Waals surface area contributed by atoms with E-state index >= 15 is 0 Å². The van der Waals surface area contributed by atoms with Crippen LogP contribution in [0.15, 0.2) is 66.9 Å². The number of aromatic nitrogens is 4. The van der Waals surface area contributed by atoms with Crippen molar-refractivity contribution in [2.24, 2.45) is 0 Å². The Hall–Kier alpha value is -4.07. The molecule has 3 heterocycles. The fourth-order valence-corrected chi connectivity index (χ4v) is 3.71. The second kappa shape index (κ2) is 8.58. The maximum atomic E-state index is 13.0. The van der Waals surface area contributed by atoms with E-state index in [0.29, 0.717) is 43.6 Å². The normalized spacial score (nSPS) is 13.9. The van der Waals surface area contributed by atoms with Crippen molar-refractivity contribution in [1.82, 2.24) is 24.8 Å². The number of ether oxygens (including phenoxy) is 1. The van der Waals surface area contributed by atoms with Gasteiger partial charge in [-0.3, -0.25) is 9.78 Å². The number of carbonyl (C=O) groups excluding carboxylic acids is 1. The number of carbonyl (C=O) groups is 1. The van der Waals surface area contributed by atoms with Crippen molar-refractivity contribution >= 4 is 22.8 Å². The summed E-state index contributed by atoms with van der Waals surface area (Å²) in [6, 6.07) is 18.9. The molecule has 0 unspecified atom stereocenters. The quantitative estimate of drug-likeness (QED) is 0.494. The van der Waals surface area contributed by atoms with Crippen LogP contribution in [0.3, 0.4) is 0 Å².